The van der Waals surface area contributed by atoms with Crippen molar-refractivity contribution in [2.45, 2.75) is 90.9 Å². The summed E-state index contributed by atoms with van der Waals surface area (Å²) in [7, 11) is 0. The number of hydrogen-bond donors (Lipinski definition) is 0. The molecule has 0 spiro atoms. The Balaban J connectivity index is 1.33. The summed E-state index contributed by atoms with van der Waals surface area (Å²) < 4.78 is 0. The van der Waals surface area contributed by atoms with Crippen LogP contribution in [-0.4, -0.2) is 23.9 Å². The Morgan fingerprint density at radius 1 is 0.627 bits per heavy atom. The van der Waals surface area contributed by atoms with Gasteiger partial charge in [0.1, 0.15) is 0 Å². The molecule has 51 heavy (non-hydrogen) atoms. The normalized spacial score (nSPS) is 16.2. The molecule has 1 aliphatic rings. The summed E-state index contributed by atoms with van der Waals surface area (Å²) >= 11 is 0. The molecule has 8 nitrogen and oxygen atoms in total. The molecule has 0 bridgehead atoms. The molecule has 0 saturated carbocycles. The summed E-state index contributed by atoms with van der Waals surface area (Å²) in [6.45, 7) is 4.27. The van der Waals surface area contributed by atoms with E-state index in [1.54, 1.807) is 36.4 Å². The molecule has 5 rings (SSSR count). The number of carbonyl (C=O) groups is 4. The molecule has 0 aromatic heterocycles. The summed E-state index contributed by atoms with van der Waals surface area (Å²) in [5.74, 6) is -4.36. The van der Waals surface area contributed by atoms with Crippen LogP contribution < -0.4 is 0 Å². The monoisotopic (exact) mass is 692 g/mol. The van der Waals surface area contributed by atoms with Crippen LogP contribution in [0.25, 0.3) is 21.5 Å². The number of carbonyl (C=O) groups excluding carboxylic acids is 4. The lowest BCUT2D eigenvalue weighted by atomic mass is 9.73. The van der Waals surface area contributed by atoms with Crippen molar-refractivity contribution in [2.24, 2.45) is 17.8 Å². The van der Waals surface area contributed by atoms with Gasteiger partial charge in [-0.3, -0.25) is 0 Å². The van der Waals surface area contributed by atoms with Gasteiger partial charge < -0.3 is 0 Å². The predicted octanol–water partition coefficient (Wildman–Crippen LogP) is 10.4. The van der Waals surface area contributed by atoms with Crippen molar-refractivity contribution < 1.29 is 38.7 Å². The Bertz CT molecular complexity index is 1840. The number of benzene rings is 4. The van der Waals surface area contributed by atoms with Gasteiger partial charge in [-0.25, -0.2) is 38.7 Å². The Morgan fingerprint density at radius 2 is 1.29 bits per heavy atom. The topological polar surface area (TPSA) is 105 Å². The minimum atomic E-state index is -0.814. The Hall–Kier alpha value is -4.98. The lowest BCUT2D eigenvalue weighted by molar-refractivity contribution is -0.241. The van der Waals surface area contributed by atoms with Crippen molar-refractivity contribution in [1.82, 2.24) is 0 Å². The average molecular weight is 693 g/mol. The van der Waals surface area contributed by atoms with Crippen molar-refractivity contribution in [3.63, 3.8) is 0 Å². The second-order valence-electron chi connectivity index (χ2n) is 13.5. The first kappa shape index (κ1) is 37.3. The molecule has 0 fully saturated rings. The number of hydrogen-bond acceptors (Lipinski definition) is 8. The predicted molar refractivity (Wildman–Crippen MR) is 196 cm³/mol. The Labute approximate surface area is 300 Å². The van der Waals surface area contributed by atoms with Crippen LogP contribution in [-0.2, 0) is 29.1 Å². The van der Waals surface area contributed by atoms with E-state index in [-0.39, 0.29) is 22.6 Å². The molecule has 268 valence electrons. The van der Waals surface area contributed by atoms with E-state index in [4.69, 9.17) is 19.6 Å². The van der Waals surface area contributed by atoms with Crippen LogP contribution in [0.5, 0.6) is 0 Å². The quantitative estimate of drug-likeness (QED) is 0.0689. The van der Waals surface area contributed by atoms with Crippen LogP contribution in [0.2, 0.25) is 0 Å². The smallest absolute Gasteiger partial charge is 0.247 e. The second-order valence-corrected chi connectivity index (χ2v) is 13.5. The lowest BCUT2D eigenvalue weighted by Gasteiger charge is -2.31. The zero-order valence-electron chi connectivity index (χ0n) is 29.6. The van der Waals surface area contributed by atoms with E-state index >= 15 is 0 Å². The highest BCUT2D eigenvalue weighted by Crippen LogP contribution is 2.39. The van der Waals surface area contributed by atoms with E-state index in [1.807, 2.05) is 54.6 Å². The molecule has 0 N–H and O–H groups in total. The largest absolute Gasteiger partial charge is 0.386 e. The number of allylic oxidation sites excluding steroid dienone is 1. The lowest BCUT2D eigenvalue weighted by Crippen LogP contribution is -2.33. The van der Waals surface area contributed by atoms with E-state index in [9.17, 15) is 19.2 Å². The third-order valence-electron chi connectivity index (χ3n) is 9.87. The maximum atomic E-state index is 13.8. The molecule has 4 aromatic carbocycles. The van der Waals surface area contributed by atoms with Crippen LogP contribution in [0.15, 0.2) is 96.6 Å². The van der Waals surface area contributed by atoms with Crippen LogP contribution in [0.4, 0.5) is 0 Å². The van der Waals surface area contributed by atoms with Gasteiger partial charge in [0.15, 0.2) is 0 Å². The molecule has 0 heterocycles. The summed E-state index contributed by atoms with van der Waals surface area (Å²) in [6, 6.07) is 25.4. The third kappa shape index (κ3) is 10.1. The van der Waals surface area contributed by atoms with Crippen LogP contribution in [0.1, 0.15) is 112 Å². The number of unbranched alkanes of at least 4 members (excludes halogenated alkanes) is 6. The van der Waals surface area contributed by atoms with E-state index in [1.165, 1.54) is 0 Å². The van der Waals surface area contributed by atoms with Crippen molar-refractivity contribution in [2.75, 3.05) is 0 Å². The van der Waals surface area contributed by atoms with Crippen molar-refractivity contribution in [1.29, 1.82) is 0 Å². The van der Waals surface area contributed by atoms with E-state index in [0.29, 0.717) is 18.2 Å². The number of fused-ring (bicyclic) bond motifs is 2. The fourth-order valence-corrected chi connectivity index (χ4v) is 7.06. The van der Waals surface area contributed by atoms with Gasteiger partial charge in [0.25, 0.3) is 0 Å². The summed E-state index contributed by atoms with van der Waals surface area (Å²) in [5.41, 5.74) is 0.807. The molecule has 0 amide bonds. The van der Waals surface area contributed by atoms with Gasteiger partial charge in [-0.05, 0) is 71.3 Å². The van der Waals surface area contributed by atoms with Crippen molar-refractivity contribution in [3.05, 3.63) is 108 Å². The molecule has 0 aliphatic heterocycles. The highest BCUT2D eigenvalue weighted by atomic mass is 17.2. The molecule has 8 heteroatoms. The van der Waals surface area contributed by atoms with Gasteiger partial charge >= 0.3 is 23.9 Å². The molecule has 3 unspecified atom stereocenters. The molecule has 0 radical (unpaired) electrons. The maximum absolute atomic E-state index is 13.8. The first-order valence-electron chi connectivity index (χ1n) is 18.4. The first-order valence-corrected chi connectivity index (χ1v) is 18.4. The Morgan fingerprint density at radius 3 is 2.08 bits per heavy atom. The molecule has 1 aliphatic carbocycles. The fourth-order valence-electron chi connectivity index (χ4n) is 7.06. The van der Waals surface area contributed by atoms with Gasteiger partial charge in [-0.1, -0.05) is 138 Å². The standard InChI is InChI=1S/C43H48O8/c1-3-5-7-9-16-30-24-27-36(39(28-30)43(47)51-50-41(45)37-23-15-20-32-18-13-14-21-35(32)37)38(22-10-8-6-4-2)42(46)49-48-40(44)34-26-25-31-17-11-12-19-33(31)29-34/h11-15,17-21,23,25-26,28-30,36,38H,3-10,16,22,24,27H2,1-2H3. The van der Waals surface area contributed by atoms with E-state index < -0.39 is 35.7 Å². The molecular weight excluding hydrogens is 644 g/mol. The zero-order valence-corrected chi connectivity index (χ0v) is 29.6. The van der Waals surface area contributed by atoms with Crippen molar-refractivity contribution in [3.8, 4) is 0 Å². The van der Waals surface area contributed by atoms with Gasteiger partial charge in [0.2, 0.25) is 0 Å². The molecule has 4 aromatic rings. The van der Waals surface area contributed by atoms with Gasteiger partial charge in [0, 0.05) is 11.5 Å². The van der Waals surface area contributed by atoms with Crippen LogP contribution in [0.3, 0.4) is 0 Å². The second kappa shape index (κ2) is 18.9. The van der Waals surface area contributed by atoms with Crippen LogP contribution in [0, 0.1) is 17.8 Å². The van der Waals surface area contributed by atoms with Crippen LogP contribution >= 0.6 is 0 Å². The molecule has 0 saturated heterocycles. The van der Waals surface area contributed by atoms with E-state index in [0.717, 1.165) is 80.4 Å². The first-order chi connectivity index (χ1) is 24.9. The third-order valence-corrected chi connectivity index (χ3v) is 9.87. The highest BCUT2D eigenvalue weighted by molar-refractivity contribution is 6.04. The SMILES string of the molecule is CCCCCCC1C=C(C(=O)OOC(=O)c2cccc3ccccc23)C(C(CCCCCC)C(=O)OOC(=O)c2ccc3ccccc3c2)CC1. The maximum Gasteiger partial charge on any atom is 0.386 e. The highest BCUT2D eigenvalue weighted by Gasteiger charge is 2.40. The zero-order chi connectivity index (χ0) is 36.0. The van der Waals surface area contributed by atoms with E-state index in [2.05, 4.69) is 13.8 Å². The number of rotatable bonds is 15. The summed E-state index contributed by atoms with van der Waals surface area (Å²) in [6.07, 6.45) is 12.5. The van der Waals surface area contributed by atoms with Gasteiger partial charge in [-0.15, -0.1) is 0 Å². The van der Waals surface area contributed by atoms with Gasteiger partial charge in [0.05, 0.1) is 17.0 Å². The molecular formula is C43H48O8. The Kier molecular flexibility index (Phi) is 13.8. The van der Waals surface area contributed by atoms with Gasteiger partial charge in [-0.2, -0.15) is 0 Å². The molecule has 3 atom stereocenters. The minimum Gasteiger partial charge on any atom is -0.247 e. The fraction of sp³-hybridized carbons (Fsp3) is 0.395. The summed E-state index contributed by atoms with van der Waals surface area (Å²) in [4.78, 5) is 74.4. The summed E-state index contributed by atoms with van der Waals surface area (Å²) in [5, 5.41) is 3.35. The average Bonchev–Trinajstić information content (AvgIpc) is 3.17. The minimum absolute atomic E-state index is 0.108. The van der Waals surface area contributed by atoms with Crippen molar-refractivity contribution >= 4 is 45.4 Å².